The van der Waals surface area contributed by atoms with Crippen LogP contribution in [0.1, 0.15) is 30.4 Å². The SMILES string of the molecule is CC(=O)Nc1ccc(OCC2CC(c3ccc([N+](=O)[O-])c(C)c3)C(C(F)(F)F)N2)cc1. The Morgan fingerprint density at radius 2 is 1.94 bits per heavy atom. The molecular formula is C21H22F3N3O4. The van der Waals surface area contributed by atoms with Crippen molar-refractivity contribution in [2.45, 2.75) is 44.4 Å². The average molecular weight is 437 g/mol. The zero-order valence-corrected chi connectivity index (χ0v) is 16.9. The van der Waals surface area contributed by atoms with E-state index in [0.717, 1.165) is 0 Å². The van der Waals surface area contributed by atoms with Crippen molar-refractivity contribution in [3.8, 4) is 5.75 Å². The van der Waals surface area contributed by atoms with Crippen molar-refractivity contribution in [3.05, 3.63) is 63.7 Å². The van der Waals surface area contributed by atoms with Crippen LogP contribution in [0.3, 0.4) is 0 Å². The van der Waals surface area contributed by atoms with Crippen LogP contribution in [0, 0.1) is 17.0 Å². The lowest BCUT2D eigenvalue weighted by atomic mass is 9.89. The topological polar surface area (TPSA) is 93.5 Å². The Hall–Kier alpha value is -3.14. The number of nitro groups is 1. The van der Waals surface area contributed by atoms with E-state index in [0.29, 0.717) is 22.6 Å². The van der Waals surface area contributed by atoms with Gasteiger partial charge in [-0.3, -0.25) is 20.2 Å². The van der Waals surface area contributed by atoms with E-state index in [1.807, 2.05) is 0 Å². The molecule has 7 nitrogen and oxygen atoms in total. The minimum atomic E-state index is -4.48. The van der Waals surface area contributed by atoms with E-state index in [1.54, 1.807) is 24.3 Å². The molecule has 2 aromatic rings. The molecule has 0 aliphatic carbocycles. The van der Waals surface area contributed by atoms with Gasteiger partial charge in [0.1, 0.15) is 18.4 Å². The molecule has 2 N–H and O–H groups in total. The van der Waals surface area contributed by atoms with E-state index in [1.165, 1.54) is 32.0 Å². The third-order valence-corrected chi connectivity index (χ3v) is 5.18. The highest BCUT2D eigenvalue weighted by molar-refractivity contribution is 5.88. The second-order valence-electron chi connectivity index (χ2n) is 7.54. The Balaban J connectivity index is 1.70. The number of benzene rings is 2. The molecule has 1 heterocycles. The summed E-state index contributed by atoms with van der Waals surface area (Å²) in [5, 5.41) is 16.2. The summed E-state index contributed by atoms with van der Waals surface area (Å²) >= 11 is 0. The van der Waals surface area contributed by atoms with E-state index >= 15 is 0 Å². The monoisotopic (exact) mass is 437 g/mol. The number of aryl methyl sites for hydroxylation is 1. The fraction of sp³-hybridized carbons (Fsp3) is 0.381. The van der Waals surface area contributed by atoms with Crippen LogP contribution >= 0.6 is 0 Å². The van der Waals surface area contributed by atoms with Gasteiger partial charge in [0, 0.05) is 36.2 Å². The fourth-order valence-electron chi connectivity index (χ4n) is 3.80. The molecule has 0 radical (unpaired) electrons. The van der Waals surface area contributed by atoms with E-state index < -0.39 is 29.1 Å². The van der Waals surface area contributed by atoms with Gasteiger partial charge in [-0.2, -0.15) is 13.2 Å². The fourth-order valence-corrected chi connectivity index (χ4v) is 3.80. The molecular weight excluding hydrogens is 415 g/mol. The summed E-state index contributed by atoms with van der Waals surface area (Å²) in [5.41, 5.74) is 1.19. The summed E-state index contributed by atoms with van der Waals surface area (Å²) in [6, 6.07) is 8.29. The third kappa shape index (κ3) is 5.52. The van der Waals surface area contributed by atoms with Crippen molar-refractivity contribution in [3.63, 3.8) is 0 Å². The molecule has 31 heavy (non-hydrogen) atoms. The second-order valence-corrected chi connectivity index (χ2v) is 7.54. The number of alkyl halides is 3. The van der Waals surface area contributed by atoms with Gasteiger partial charge < -0.3 is 10.1 Å². The summed E-state index contributed by atoms with van der Waals surface area (Å²) < 4.78 is 46.6. The first kappa shape index (κ1) is 22.5. The van der Waals surface area contributed by atoms with Crippen molar-refractivity contribution < 1.29 is 27.6 Å². The molecule has 1 fully saturated rings. The predicted octanol–water partition coefficient (Wildman–Crippen LogP) is 4.32. The number of amides is 1. The highest BCUT2D eigenvalue weighted by atomic mass is 19.4. The zero-order chi connectivity index (χ0) is 22.8. The van der Waals surface area contributed by atoms with Crippen LogP contribution in [0.25, 0.3) is 0 Å². The molecule has 2 aromatic carbocycles. The molecule has 1 amide bonds. The van der Waals surface area contributed by atoms with E-state index in [2.05, 4.69) is 10.6 Å². The first-order valence-electron chi connectivity index (χ1n) is 9.62. The summed E-state index contributed by atoms with van der Waals surface area (Å²) in [6.45, 7) is 2.92. The minimum Gasteiger partial charge on any atom is -0.492 e. The number of nitrogens with one attached hydrogen (secondary N) is 2. The first-order valence-corrected chi connectivity index (χ1v) is 9.62. The van der Waals surface area contributed by atoms with Crippen LogP contribution in [-0.4, -0.2) is 35.7 Å². The number of rotatable bonds is 6. The number of hydrogen-bond donors (Lipinski definition) is 2. The lowest BCUT2D eigenvalue weighted by Gasteiger charge is -2.23. The van der Waals surface area contributed by atoms with Gasteiger partial charge in [0.05, 0.1) is 4.92 Å². The van der Waals surface area contributed by atoms with Gasteiger partial charge in [-0.15, -0.1) is 0 Å². The Labute approximate surface area is 176 Å². The molecule has 1 aliphatic heterocycles. The molecule has 3 rings (SSSR count). The zero-order valence-electron chi connectivity index (χ0n) is 16.9. The second kappa shape index (κ2) is 8.93. The maximum Gasteiger partial charge on any atom is 0.404 e. The summed E-state index contributed by atoms with van der Waals surface area (Å²) in [6.07, 6.45) is -4.31. The van der Waals surface area contributed by atoms with Crippen LogP contribution in [0.15, 0.2) is 42.5 Å². The van der Waals surface area contributed by atoms with Crippen LogP contribution in [-0.2, 0) is 4.79 Å². The van der Waals surface area contributed by atoms with Crippen LogP contribution < -0.4 is 15.4 Å². The number of carbonyl (C=O) groups is 1. The standard InChI is InChI=1S/C21H22F3N3O4/c1-12-9-14(3-8-19(12)27(29)30)18-10-16(26-20(18)21(22,23)24)11-31-17-6-4-15(5-7-17)25-13(2)28/h3-9,16,18,20,26H,10-11H2,1-2H3,(H,25,28). The van der Waals surface area contributed by atoms with Gasteiger partial charge in [0.2, 0.25) is 5.91 Å². The third-order valence-electron chi connectivity index (χ3n) is 5.18. The summed E-state index contributed by atoms with van der Waals surface area (Å²) in [5.74, 6) is -0.626. The number of nitrogens with zero attached hydrogens (tertiary/aromatic N) is 1. The first-order chi connectivity index (χ1) is 14.5. The highest BCUT2D eigenvalue weighted by Crippen LogP contribution is 2.40. The maximum absolute atomic E-state index is 13.6. The Morgan fingerprint density at radius 1 is 1.26 bits per heavy atom. The molecule has 10 heteroatoms. The van der Waals surface area contributed by atoms with Gasteiger partial charge in [-0.1, -0.05) is 6.07 Å². The van der Waals surface area contributed by atoms with Crippen molar-refractivity contribution in [1.82, 2.24) is 5.32 Å². The van der Waals surface area contributed by atoms with Gasteiger partial charge in [0.25, 0.3) is 5.69 Å². The Kier molecular flexibility index (Phi) is 6.49. The lowest BCUT2D eigenvalue weighted by molar-refractivity contribution is -0.385. The van der Waals surface area contributed by atoms with Gasteiger partial charge in [-0.25, -0.2) is 0 Å². The maximum atomic E-state index is 13.6. The van der Waals surface area contributed by atoms with Crippen LogP contribution in [0.2, 0.25) is 0 Å². The number of carbonyl (C=O) groups excluding carboxylic acids is 1. The van der Waals surface area contributed by atoms with Crippen molar-refractivity contribution in [2.24, 2.45) is 0 Å². The largest absolute Gasteiger partial charge is 0.492 e. The molecule has 0 saturated carbocycles. The molecule has 1 saturated heterocycles. The van der Waals surface area contributed by atoms with Crippen LogP contribution in [0.4, 0.5) is 24.5 Å². The summed E-state index contributed by atoms with van der Waals surface area (Å²) in [7, 11) is 0. The van der Waals surface area contributed by atoms with Crippen molar-refractivity contribution in [1.29, 1.82) is 0 Å². The normalized spacial score (nSPS) is 21.0. The Bertz CT molecular complexity index is 963. The molecule has 1 aliphatic rings. The number of hydrogen-bond acceptors (Lipinski definition) is 5. The average Bonchev–Trinajstić information content (AvgIpc) is 3.11. The predicted molar refractivity (Wildman–Crippen MR) is 108 cm³/mol. The van der Waals surface area contributed by atoms with E-state index in [9.17, 15) is 28.1 Å². The quantitative estimate of drug-likeness (QED) is 0.519. The molecule has 3 unspecified atom stereocenters. The molecule has 3 atom stereocenters. The highest BCUT2D eigenvalue weighted by Gasteiger charge is 2.50. The van der Waals surface area contributed by atoms with Crippen LogP contribution in [0.5, 0.6) is 5.75 Å². The smallest absolute Gasteiger partial charge is 0.404 e. The lowest BCUT2D eigenvalue weighted by Crippen LogP contribution is -2.44. The number of nitro benzene ring substituents is 1. The summed E-state index contributed by atoms with van der Waals surface area (Å²) in [4.78, 5) is 21.5. The molecule has 0 bridgehead atoms. The molecule has 166 valence electrons. The molecule has 0 spiro atoms. The van der Waals surface area contributed by atoms with E-state index in [-0.39, 0.29) is 24.6 Å². The van der Waals surface area contributed by atoms with Gasteiger partial charge >= 0.3 is 6.18 Å². The van der Waals surface area contributed by atoms with Gasteiger partial charge in [-0.05, 0) is 49.2 Å². The van der Waals surface area contributed by atoms with Crippen molar-refractivity contribution >= 4 is 17.3 Å². The minimum absolute atomic E-state index is 0.0223. The van der Waals surface area contributed by atoms with Gasteiger partial charge in [0.15, 0.2) is 0 Å². The van der Waals surface area contributed by atoms with Crippen molar-refractivity contribution in [2.75, 3.05) is 11.9 Å². The van der Waals surface area contributed by atoms with E-state index in [4.69, 9.17) is 4.74 Å². The number of ether oxygens (including phenoxy) is 1. The Morgan fingerprint density at radius 3 is 2.48 bits per heavy atom. The molecule has 0 aromatic heterocycles. The number of anilines is 1. The number of halogens is 3.